The van der Waals surface area contributed by atoms with Gasteiger partial charge in [0.2, 0.25) is 15.9 Å². The molecular weight excluding hydrogens is 626 g/mol. The second-order valence-corrected chi connectivity index (χ2v) is 13.3. The first-order valence-corrected chi connectivity index (χ1v) is 15.9. The number of sulfonamides is 1. The third kappa shape index (κ3) is 6.37. The molecule has 0 radical (unpaired) electrons. The number of aromatic amines is 1. The van der Waals surface area contributed by atoms with Crippen LogP contribution in [0.1, 0.15) is 24.6 Å². The van der Waals surface area contributed by atoms with Gasteiger partial charge in [0.05, 0.1) is 42.4 Å². The molecule has 0 saturated carbocycles. The first-order valence-electron chi connectivity index (χ1n) is 13.7. The van der Waals surface area contributed by atoms with Gasteiger partial charge in [-0.3, -0.25) is 14.6 Å². The number of aromatic nitrogens is 2. The summed E-state index contributed by atoms with van der Waals surface area (Å²) in [6.45, 7) is 4.82. The van der Waals surface area contributed by atoms with E-state index in [0.29, 0.717) is 62.0 Å². The third-order valence-electron chi connectivity index (χ3n) is 7.25. The molecule has 14 heteroatoms. The highest BCUT2D eigenvalue weighted by Gasteiger charge is 2.34. The molecular formula is C28H34BrN7O5S. The number of carbonyl (C=O) groups is 1. The van der Waals surface area contributed by atoms with Crippen molar-refractivity contribution in [2.45, 2.75) is 31.3 Å². The largest absolute Gasteiger partial charge is 0.493 e. The molecule has 0 unspecified atom stereocenters. The van der Waals surface area contributed by atoms with Crippen molar-refractivity contribution >= 4 is 37.5 Å². The van der Waals surface area contributed by atoms with Gasteiger partial charge in [-0.05, 0) is 49.4 Å². The minimum absolute atomic E-state index is 0.0984. The van der Waals surface area contributed by atoms with Crippen molar-refractivity contribution in [3.8, 4) is 17.1 Å². The molecule has 3 aromatic rings. The molecule has 2 aliphatic heterocycles. The topological polar surface area (TPSA) is 145 Å². The zero-order valence-corrected chi connectivity index (χ0v) is 25.9. The molecule has 224 valence electrons. The van der Waals surface area contributed by atoms with Crippen LogP contribution in [0.4, 0.5) is 5.69 Å². The van der Waals surface area contributed by atoms with Gasteiger partial charge in [-0.25, -0.2) is 18.4 Å². The Morgan fingerprint density at radius 1 is 1.12 bits per heavy atom. The number of nitrogens with zero attached hydrogens (tertiary/aromatic N) is 5. The van der Waals surface area contributed by atoms with Gasteiger partial charge in [0.25, 0.3) is 5.56 Å². The zero-order chi connectivity index (χ0) is 30.0. The van der Waals surface area contributed by atoms with E-state index in [2.05, 4.69) is 25.8 Å². The maximum absolute atomic E-state index is 13.6. The van der Waals surface area contributed by atoms with E-state index in [1.54, 1.807) is 16.1 Å². The van der Waals surface area contributed by atoms with Gasteiger partial charge in [0, 0.05) is 30.7 Å². The molecule has 1 aromatic heterocycles. The van der Waals surface area contributed by atoms with Crippen LogP contribution in [0.3, 0.4) is 0 Å². The van der Waals surface area contributed by atoms with Crippen LogP contribution >= 0.6 is 15.9 Å². The summed E-state index contributed by atoms with van der Waals surface area (Å²) in [6, 6.07) is 12.3. The number of primary amides is 1. The van der Waals surface area contributed by atoms with Crippen LogP contribution < -0.4 is 21.0 Å². The molecule has 3 heterocycles. The average Bonchev–Trinajstić information content (AvgIpc) is 3.29. The van der Waals surface area contributed by atoms with Crippen LogP contribution in [0.15, 0.2) is 56.6 Å². The molecule has 2 aliphatic rings. The predicted octanol–water partition coefficient (Wildman–Crippen LogP) is 2.15. The number of benzene rings is 2. The van der Waals surface area contributed by atoms with E-state index in [-0.39, 0.29) is 23.8 Å². The van der Waals surface area contributed by atoms with Crippen molar-refractivity contribution in [3.05, 3.63) is 68.5 Å². The first kappa shape index (κ1) is 30.2. The number of anilines is 1. The number of amides is 1. The quantitative estimate of drug-likeness (QED) is 0.334. The number of nitrogens with two attached hydrogens (primary N) is 1. The molecule has 5 rings (SSSR count). The maximum atomic E-state index is 13.6. The molecule has 42 heavy (non-hydrogen) atoms. The Kier molecular flexibility index (Phi) is 8.99. The van der Waals surface area contributed by atoms with Crippen molar-refractivity contribution in [1.29, 1.82) is 0 Å². The molecule has 12 nitrogen and oxygen atoms in total. The van der Waals surface area contributed by atoms with Gasteiger partial charge in [-0.2, -0.15) is 4.31 Å². The minimum atomic E-state index is -3.78. The second kappa shape index (κ2) is 12.5. The summed E-state index contributed by atoms with van der Waals surface area (Å²) in [4.78, 5) is 35.3. The SMILES string of the molecule is CCCOc1ccc(S(=O)(=O)N2CCN(C)CC2)cc1-c1nc2c(c(=O)[nH]1)N(Cc1ccc(Br)cc1)N(CC(N)=O)C2. The normalized spacial score (nSPS) is 16.5. The van der Waals surface area contributed by atoms with E-state index < -0.39 is 21.5 Å². The molecule has 1 fully saturated rings. The van der Waals surface area contributed by atoms with Crippen LogP contribution in [0.2, 0.25) is 0 Å². The Morgan fingerprint density at radius 3 is 2.50 bits per heavy atom. The van der Waals surface area contributed by atoms with Crippen molar-refractivity contribution in [1.82, 2.24) is 24.2 Å². The summed E-state index contributed by atoms with van der Waals surface area (Å²) in [5.74, 6) is 0.0538. The second-order valence-electron chi connectivity index (χ2n) is 10.4. The highest BCUT2D eigenvalue weighted by atomic mass is 79.9. The highest BCUT2D eigenvalue weighted by Crippen LogP contribution is 2.34. The van der Waals surface area contributed by atoms with Crippen molar-refractivity contribution in [2.24, 2.45) is 5.73 Å². The van der Waals surface area contributed by atoms with Gasteiger partial charge in [0.1, 0.15) is 17.3 Å². The third-order valence-corrected chi connectivity index (χ3v) is 9.67. The number of likely N-dealkylation sites (N-methyl/N-ethyl adjacent to an activating group) is 1. The van der Waals surface area contributed by atoms with Gasteiger partial charge in [0.15, 0.2) is 0 Å². The number of hydrogen-bond donors (Lipinski definition) is 2. The van der Waals surface area contributed by atoms with Crippen LogP contribution in [-0.2, 0) is 27.9 Å². The molecule has 0 bridgehead atoms. The lowest BCUT2D eigenvalue weighted by Crippen LogP contribution is -2.47. The summed E-state index contributed by atoms with van der Waals surface area (Å²) < 4.78 is 35.4. The fourth-order valence-electron chi connectivity index (χ4n) is 5.05. The number of hydrogen-bond acceptors (Lipinski definition) is 9. The number of carbonyl (C=O) groups excluding carboxylic acids is 1. The molecule has 0 aliphatic carbocycles. The van der Waals surface area contributed by atoms with Crippen LogP contribution in [-0.4, -0.2) is 84.9 Å². The van der Waals surface area contributed by atoms with E-state index in [1.165, 1.54) is 16.4 Å². The lowest BCUT2D eigenvalue weighted by molar-refractivity contribution is -0.119. The first-order chi connectivity index (χ1) is 20.1. The number of ether oxygens (including phenoxy) is 1. The Balaban J connectivity index is 1.55. The number of piperazine rings is 1. The lowest BCUT2D eigenvalue weighted by Gasteiger charge is -2.31. The number of halogens is 1. The summed E-state index contributed by atoms with van der Waals surface area (Å²) in [6.07, 6.45) is 0.738. The molecule has 1 amide bonds. The predicted molar refractivity (Wildman–Crippen MR) is 162 cm³/mol. The lowest BCUT2D eigenvalue weighted by atomic mass is 10.1. The van der Waals surface area contributed by atoms with Gasteiger partial charge < -0.3 is 20.4 Å². The van der Waals surface area contributed by atoms with E-state index in [0.717, 1.165) is 16.5 Å². The van der Waals surface area contributed by atoms with Crippen LogP contribution in [0, 0.1) is 0 Å². The van der Waals surface area contributed by atoms with Gasteiger partial charge in [-0.15, -0.1) is 0 Å². The van der Waals surface area contributed by atoms with Crippen molar-refractivity contribution in [2.75, 3.05) is 51.4 Å². The minimum Gasteiger partial charge on any atom is -0.493 e. The van der Waals surface area contributed by atoms with Crippen molar-refractivity contribution < 1.29 is 17.9 Å². The van der Waals surface area contributed by atoms with Crippen molar-refractivity contribution in [3.63, 3.8) is 0 Å². The molecule has 0 spiro atoms. The Labute approximate surface area is 253 Å². The number of hydrazine groups is 1. The van der Waals surface area contributed by atoms with Gasteiger partial charge in [-0.1, -0.05) is 35.0 Å². The van der Waals surface area contributed by atoms with Gasteiger partial charge >= 0.3 is 0 Å². The Morgan fingerprint density at radius 2 is 1.83 bits per heavy atom. The smallest absolute Gasteiger partial charge is 0.276 e. The molecule has 1 saturated heterocycles. The van der Waals surface area contributed by atoms with E-state index in [1.807, 2.05) is 38.2 Å². The number of rotatable bonds is 10. The molecule has 2 aromatic carbocycles. The summed E-state index contributed by atoms with van der Waals surface area (Å²) in [5, 5.41) is 3.39. The highest BCUT2D eigenvalue weighted by molar-refractivity contribution is 9.10. The molecule has 0 atom stereocenters. The number of nitrogens with one attached hydrogen (secondary N) is 1. The summed E-state index contributed by atoms with van der Waals surface area (Å²) in [5.41, 5.74) is 7.15. The van der Waals surface area contributed by atoms with E-state index >= 15 is 0 Å². The van der Waals surface area contributed by atoms with E-state index in [4.69, 9.17) is 15.5 Å². The number of fused-ring (bicyclic) bond motifs is 1. The monoisotopic (exact) mass is 659 g/mol. The summed E-state index contributed by atoms with van der Waals surface area (Å²) in [7, 11) is -1.82. The van der Waals surface area contributed by atoms with Crippen LogP contribution in [0.5, 0.6) is 5.75 Å². The summed E-state index contributed by atoms with van der Waals surface area (Å²) >= 11 is 3.43. The number of H-pyrrole nitrogens is 1. The standard InChI is InChI=1S/C28H34BrN7O5S/c1-3-14-41-24-9-8-21(42(39,40)35-12-10-33(2)11-13-35)15-22(24)27-31-23-17-34(18-25(30)37)36(26(23)28(38)32-27)16-19-4-6-20(29)7-5-19/h4-9,15H,3,10-14,16-18H2,1-2H3,(H2,30,37)(H,31,32,38). The zero-order valence-electron chi connectivity index (χ0n) is 23.5. The maximum Gasteiger partial charge on any atom is 0.276 e. The fraction of sp³-hybridized carbons (Fsp3) is 0.393. The van der Waals surface area contributed by atoms with E-state index in [9.17, 15) is 18.0 Å². The Hall–Kier alpha value is -3.30. The fourth-order valence-corrected chi connectivity index (χ4v) is 6.76. The molecule has 3 N–H and O–H groups in total. The average molecular weight is 661 g/mol. The van der Waals surface area contributed by atoms with Crippen LogP contribution in [0.25, 0.3) is 11.4 Å². The Bertz CT molecular complexity index is 1620.